The van der Waals surface area contributed by atoms with Crippen LogP contribution >= 0.6 is 0 Å². The summed E-state index contributed by atoms with van der Waals surface area (Å²) in [5.74, 6) is 2.75. The van der Waals surface area contributed by atoms with E-state index >= 15 is 0 Å². The van der Waals surface area contributed by atoms with Gasteiger partial charge in [-0.05, 0) is 41.7 Å². The van der Waals surface area contributed by atoms with Crippen molar-refractivity contribution in [2.45, 2.75) is 106 Å². The Bertz CT molecular complexity index is 373. The fourth-order valence-electron chi connectivity index (χ4n) is 2.98. The first-order valence-corrected chi connectivity index (χ1v) is 10.6. The highest BCUT2D eigenvalue weighted by atomic mass is 14.2. The summed E-state index contributed by atoms with van der Waals surface area (Å²) in [7, 11) is 0. The first-order valence-electron chi connectivity index (χ1n) is 10.6. The molecule has 1 aromatic carbocycles. The molecule has 1 aromatic rings. The third kappa shape index (κ3) is 10.2. The van der Waals surface area contributed by atoms with Gasteiger partial charge in [0.2, 0.25) is 0 Å². The van der Waals surface area contributed by atoms with Crippen LogP contribution in [0.15, 0.2) is 24.3 Å². The maximum Gasteiger partial charge on any atom is -0.0190 e. The van der Waals surface area contributed by atoms with Crippen molar-refractivity contribution in [1.82, 2.24) is 0 Å². The minimum atomic E-state index is 0.709. The van der Waals surface area contributed by atoms with Crippen molar-refractivity contribution >= 4 is 0 Å². The van der Waals surface area contributed by atoms with E-state index < -0.39 is 0 Å². The van der Waals surface area contributed by atoms with Gasteiger partial charge in [-0.15, -0.1) is 0 Å². The largest absolute Gasteiger partial charge is 0.0654 e. The van der Waals surface area contributed by atoms with Gasteiger partial charge in [0, 0.05) is 0 Å². The summed E-state index contributed by atoms with van der Waals surface area (Å²) in [5.41, 5.74) is 3.04. The van der Waals surface area contributed by atoms with Crippen LogP contribution in [0.5, 0.6) is 0 Å². The average molecular weight is 333 g/mol. The summed E-state index contributed by atoms with van der Waals surface area (Å²) >= 11 is 0. The molecule has 1 atom stereocenters. The monoisotopic (exact) mass is 332 g/mol. The second-order valence-electron chi connectivity index (χ2n) is 7.73. The molecule has 0 radical (unpaired) electrons. The Kier molecular flexibility index (Phi) is 14.1. The van der Waals surface area contributed by atoms with Gasteiger partial charge in [-0.1, -0.05) is 111 Å². The lowest BCUT2D eigenvalue weighted by Crippen LogP contribution is -2.08. The molecule has 140 valence electrons. The van der Waals surface area contributed by atoms with Gasteiger partial charge >= 0.3 is 0 Å². The van der Waals surface area contributed by atoms with E-state index in [2.05, 4.69) is 72.7 Å². The van der Waals surface area contributed by atoms with Crippen LogP contribution in [-0.2, 0) is 6.42 Å². The molecule has 0 spiro atoms. The standard InChI is InChI=1S/C12H18.C8H16.C4H10/c1-4-10(3)12-9-7-6-8-11(12)5-2;1-7-3-5-8(2)6-4-7;1-3-4-2/h6-10H,4-5H2,1-3H3;7-8H,3-6H2,1-2H3;3-4H2,1-2H3. The van der Waals surface area contributed by atoms with E-state index in [0.717, 1.165) is 18.3 Å². The lowest BCUT2D eigenvalue weighted by atomic mass is 9.84. The maximum absolute atomic E-state index is 2.37. The summed E-state index contributed by atoms with van der Waals surface area (Å²) in [4.78, 5) is 0. The van der Waals surface area contributed by atoms with Crippen LogP contribution in [0.25, 0.3) is 0 Å². The Labute approximate surface area is 153 Å². The topological polar surface area (TPSA) is 0 Å². The van der Waals surface area contributed by atoms with E-state index in [4.69, 9.17) is 0 Å². The first-order chi connectivity index (χ1) is 11.5. The van der Waals surface area contributed by atoms with Crippen LogP contribution < -0.4 is 0 Å². The number of unbranched alkanes of at least 4 members (excludes halogenated alkanes) is 1. The number of rotatable bonds is 4. The summed E-state index contributed by atoms with van der Waals surface area (Å²) in [6, 6.07) is 8.76. The Morgan fingerprint density at radius 3 is 1.67 bits per heavy atom. The highest BCUT2D eigenvalue weighted by molar-refractivity contribution is 5.29. The van der Waals surface area contributed by atoms with Crippen molar-refractivity contribution in [2.24, 2.45) is 11.8 Å². The predicted molar refractivity (Wildman–Crippen MR) is 112 cm³/mol. The zero-order valence-electron chi connectivity index (χ0n) is 17.7. The number of hydrogen-bond donors (Lipinski definition) is 0. The molecule has 0 heterocycles. The third-order valence-corrected chi connectivity index (χ3v) is 5.38. The summed E-state index contributed by atoms with van der Waals surface area (Å²) in [5, 5.41) is 0. The van der Waals surface area contributed by atoms with Crippen LogP contribution in [0, 0.1) is 11.8 Å². The molecule has 0 aliphatic heterocycles. The number of hydrogen-bond acceptors (Lipinski definition) is 0. The van der Waals surface area contributed by atoms with Crippen LogP contribution in [0.1, 0.15) is 110 Å². The first kappa shape index (κ1) is 23.2. The molecule has 0 bridgehead atoms. The second kappa shape index (κ2) is 14.6. The van der Waals surface area contributed by atoms with Crippen molar-refractivity contribution in [3.8, 4) is 0 Å². The van der Waals surface area contributed by atoms with E-state index in [1.165, 1.54) is 56.1 Å². The quantitative estimate of drug-likeness (QED) is 0.519. The minimum Gasteiger partial charge on any atom is -0.0654 e. The van der Waals surface area contributed by atoms with Gasteiger partial charge in [0.1, 0.15) is 0 Å². The van der Waals surface area contributed by atoms with Gasteiger partial charge in [-0.25, -0.2) is 0 Å². The zero-order valence-corrected chi connectivity index (χ0v) is 17.7. The molecule has 0 amide bonds. The molecule has 0 nitrogen and oxygen atoms in total. The van der Waals surface area contributed by atoms with Crippen LogP contribution in [-0.4, -0.2) is 0 Å². The summed E-state index contributed by atoms with van der Waals surface area (Å²) in [6.07, 6.45) is 10.9. The number of aryl methyl sites for hydroxylation is 1. The highest BCUT2D eigenvalue weighted by Crippen LogP contribution is 2.27. The van der Waals surface area contributed by atoms with Gasteiger partial charge in [-0.3, -0.25) is 0 Å². The molecule has 1 fully saturated rings. The van der Waals surface area contributed by atoms with Crippen molar-refractivity contribution in [3.05, 3.63) is 35.4 Å². The lowest BCUT2D eigenvalue weighted by molar-refractivity contribution is 0.308. The average Bonchev–Trinajstić information content (AvgIpc) is 2.64. The van der Waals surface area contributed by atoms with Crippen molar-refractivity contribution in [3.63, 3.8) is 0 Å². The Balaban J connectivity index is 0.000000379. The van der Waals surface area contributed by atoms with Crippen molar-refractivity contribution in [1.29, 1.82) is 0 Å². The van der Waals surface area contributed by atoms with Crippen LogP contribution in [0.4, 0.5) is 0 Å². The molecule has 0 N–H and O–H groups in total. The Morgan fingerprint density at radius 2 is 1.29 bits per heavy atom. The summed E-state index contributed by atoms with van der Waals surface area (Å²) < 4.78 is 0. The molecule has 0 saturated heterocycles. The van der Waals surface area contributed by atoms with Crippen molar-refractivity contribution < 1.29 is 0 Å². The van der Waals surface area contributed by atoms with E-state index in [1.54, 1.807) is 0 Å². The van der Waals surface area contributed by atoms with Gasteiger partial charge < -0.3 is 0 Å². The van der Waals surface area contributed by atoms with Gasteiger partial charge in [0.15, 0.2) is 0 Å². The molecule has 2 rings (SSSR count). The summed E-state index contributed by atoms with van der Waals surface area (Å²) in [6.45, 7) is 15.9. The fourth-order valence-corrected chi connectivity index (χ4v) is 2.98. The molecular weight excluding hydrogens is 288 g/mol. The predicted octanol–water partition coefficient (Wildman–Crippen LogP) is 8.40. The molecular formula is C24H44. The molecule has 1 aliphatic carbocycles. The third-order valence-electron chi connectivity index (χ3n) is 5.38. The smallest absolute Gasteiger partial charge is 0.0190 e. The van der Waals surface area contributed by atoms with Crippen LogP contribution in [0.3, 0.4) is 0 Å². The van der Waals surface area contributed by atoms with E-state index in [0.29, 0.717) is 5.92 Å². The maximum atomic E-state index is 2.37. The SMILES string of the molecule is CC1CCC(C)CC1.CCCC.CCc1ccccc1C(C)CC. The van der Waals surface area contributed by atoms with Gasteiger partial charge in [0.05, 0.1) is 0 Å². The van der Waals surface area contributed by atoms with E-state index in [-0.39, 0.29) is 0 Å². The Hall–Kier alpha value is -0.780. The normalized spacial score (nSPS) is 21.0. The van der Waals surface area contributed by atoms with E-state index in [9.17, 15) is 0 Å². The lowest BCUT2D eigenvalue weighted by Gasteiger charge is -2.22. The zero-order chi connectivity index (χ0) is 18.4. The van der Waals surface area contributed by atoms with Crippen molar-refractivity contribution in [2.75, 3.05) is 0 Å². The molecule has 1 aliphatic rings. The van der Waals surface area contributed by atoms with E-state index in [1.807, 2.05) is 0 Å². The van der Waals surface area contributed by atoms with Gasteiger partial charge in [0.25, 0.3) is 0 Å². The highest BCUT2D eigenvalue weighted by Gasteiger charge is 2.13. The molecule has 1 saturated carbocycles. The molecule has 0 aromatic heterocycles. The second-order valence-corrected chi connectivity index (χ2v) is 7.73. The van der Waals surface area contributed by atoms with Gasteiger partial charge in [-0.2, -0.15) is 0 Å². The molecule has 0 heteroatoms. The minimum absolute atomic E-state index is 0.709. The number of benzene rings is 1. The fraction of sp³-hybridized carbons (Fsp3) is 0.750. The molecule has 24 heavy (non-hydrogen) atoms. The Morgan fingerprint density at radius 1 is 0.833 bits per heavy atom. The molecule has 1 unspecified atom stereocenters. The van der Waals surface area contributed by atoms with Crippen LogP contribution in [0.2, 0.25) is 0 Å².